The quantitative estimate of drug-likeness (QED) is 0.725. The minimum absolute atomic E-state index is 0.113. The van der Waals surface area contributed by atoms with E-state index in [1.54, 1.807) is 19.2 Å². The van der Waals surface area contributed by atoms with E-state index in [9.17, 15) is 4.79 Å². The molecule has 0 fully saturated rings. The molecule has 1 aromatic heterocycles. The second-order valence-electron chi connectivity index (χ2n) is 5.82. The van der Waals surface area contributed by atoms with E-state index in [1.165, 1.54) is 5.56 Å². The largest absolute Gasteiger partial charge is 0.497 e. The number of nitrogens with zero attached hydrogens (tertiary/aromatic N) is 2. The van der Waals surface area contributed by atoms with Gasteiger partial charge in [0, 0.05) is 18.2 Å². The monoisotopic (exact) mass is 336 g/mol. The van der Waals surface area contributed by atoms with Gasteiger partial charge in [0.05, 0.1) is 13.5 Å². The van der Waals surface area contributed by atoms with Gasteiger partial charge in [0.2, 0.25) is 5.91 Å². The lowest BCUT2D eigenvalue weighted by atomic mass is 10.1. The van der Waals surface area contributed by atoms with Crippen molar-refractivity contribution in [2.75, 3.05) is 12.4 Å². The van der Waals surface area contributed by atoms with Crippen LogP contribution in [0, 0.1) is 6.92 Å². The Labute approximate surface area is 146 Å². The number of ether oxygens (including phenoxy) is 1. The molecule has 0 spiro atoms. The lowest BCUT2D eigenvalue weighted by molar-refractivity contribution is -0.115. The van der Waals surface area contributed by atoms with Gasteiger partial charge in [-0.2, -0.15) is 5.10 Å². The van der Waals surface area contributed by atoms with Crippen LogP contribution < -0.4 is 10.1 Å². The zero-order valence-corrected chi connectivity index (χ0v) is 14.2. The first-order valence-corrected chi connectivity index (χ1v) is 8.02. The van der Waals surface area contributed by atoms with Crippen LogP contribution in [0.3, 0.4) is 0 Å². The van der Waals surface area contributed by atoms with E-state index < -0.39 is 0 Å². The zero-order valence-electron chi connectivity index (χ0n) is 14.2. The molecule has 3 aromatic rings. The van der Waals surface area contributed by atoms with Crippen molar-refractivity contribution in [3.63, 3.8) is 0 Å². The number of aryl methyl sites for hydroxylation is 1. The third-order valence-corrected chi connectivity index (χ3v) is 3.74. The molecule has 0 radical (unpaired) electrons. The first kappa shape index (κ1) is 16.7. The molecule has 1 amide bonds. The van der Waals surface area contributed by atoms with Crippen LogP contribution in [0.5, 0.6) is 5.75 Å². The van der Waals surface area contributed by atoms with Crippen molar-refractivity contribution in [2.45, 2.75) is 19.8 Å². The lowest BCUT2D eigenvalue weighted by Crippen LogP contribution is -2.15. The minimum Gasteiger partial charge on any atom is -0.497 e. The van der Waals surface area contributed by atoms with Gasteiger partial charge in [-0.25, -0.2) is 4.98 Å². The molecule has 0 aliphatic rings. The number of methoxy groups -OCH3 is 1. The molecule has 0 unspecified atom stereocenters. The van der Waals surface area contributed by atoms with Gasteiger partial charge in [0.1, 0.15) is 11.6 Å². The topological polar surface area (TPSA) is 79.9 Å². The Morgan fingerprint density at radius 1 is 1.20 bits per heavy atom. The molecule has 0 saturated carbocycles. The van der Waals surface area contributed by atoms with Gasteiger partial charge in [-0.15, -0.1) is 0 Å². The van der Waals surface area contributed by atoms with Crippen LogP contribution in [0.25, 0.3) is 0 Å². The normalized spacial score (nSPS) is 10.5. The first-order valence-electron chi connectivity index (χ1n) is 8.02. The Hall–Kier alpha value is -3.15. The Morgan fingerprint density at radius 3 is 2.76 bits per heavy atom. The molecule has 0 saturated heterocycles. The fraction of sp³-hybridized carbons (Fsp3) is 0.211. The number of amides is 1. The summed E-state index contributed by atoms with van der Waals surface area (Å²) in [5.41, 5.74) is 3.05. The van der Waals surface area contributed by atoms with Crippen molar-refractivity contribution in [1.29, 1.82) is 0 Å². The highest BCUT2D eigenvalue weighted by Crippen LogP contribution is 2.16. The van der Waals surface area contributed by atoms with Crippen molar-refractivity contribution in [3.05, 3.63) is 71.3 Å². The number of benzene rings is 2. The van der Waals surface area contributed by atoms with Crippen LogP contribution in [-0.4, -0.2) is 28.2 Å². The summed E-state index contributed by atoms with van der Waals surface area (Å²) < 4.78 is 5.14. The van der Waals surface area contributed by atoms with E-state index >= 15 is 0 Å². The third kappa shape index (κ3) is 4.67. The van der Waals surface area contributed by atoms with Crippen molar-refractivity contribution < 1.29 is 9.53 Å². The van der Waals surface area contributed by atoms with Gasteiger partial charge in [-0.3, -0.25) is 9.89 Å². The summed E-state index contributed by atoms with van der Waals surface area (Å²) in [7, 11) is 1.59. The number of anilines is 1. The predicted molar refractivity (Wildman–Crippen MR) is 95.7 cm³/mol. The molecule has 2 N–H and O–H groups in total. The minimum atomic E-state index is -0.172. The number of hydrogen-bond donors (Lipinski definition) is 2. The average Bonchev–Trinajstić information content (AvgIpc) is 3.04. The summed E-state index contributed by atoms with van der Waals surface area (Å²) in [5, 5.41) is 9.84. The SMILES string of the molecule is COc1cccc(NC(=O)Cc2n[nH]c(Cc3ccc(C)cc3)n2)c1. The van der Waals surface area contributed by atoms with E-state index in [1.807, 2.05) is 12.1 Å². The highest BCUT2D eigenvalue weighted by molar-refractivity contribution is 5.91. The van der Waals surface area contributed by atoms with Crippen LogP contribution in [0.4, 0.5) is 5.69 Å². The van der Waals surface area contributed by atoms with E-state index in [-0.39, 0.29) is 12.3 Å². The zero-order chi connectivity index (χ0) is 17.6. The van der Waals surface area contributed by atoms with Crippen molar-refractivity contribution in [3.8, 4) is 5.75 Å². The number of carbonyl (C=O) groups is 1. The molecule has 0 aliphatic heterocycles. The summed E-state index contributed by atoms with van der Waals surface area (Å²) in [6, 6.07) is 15.5. The Morgan fingerprint density at radius 2 is 2.00 bits per heavy atom. The second kappa shape index (κ2) is 7.61. The van der Waals surface area contributed by atoms with Crippen molar-refractivity contribution in [1.82, 2.24) is 15.2 Å². The lowest BCUT2D eigenvalue weighted by Gasteiger charge is -2.05. The van der Waals surface area contributed by atoms with Crippen LogP contribution in [-0.2, 0) is 17.6 Å². The summed E-state index contributed by atoms with van der Waals surface area (Å²) in [4.78, 5) is 16.5. The number of H-pyrrole nitrogens is 1. The molecule has 0 atom stereocenters. The van der Waals surface area contributed by atoms with Gasteiger partial charge >= 0.3 is 0 Å². The van der Waals surface area contributed by atoms with E-state index in [2.05, 4.69) is 51.7 Å². The highest BCUT2D eigenvalue weighted by Gasteiger charge is 2.10. The van der Waals surface area contributed by atoms with Crippen LogP contribution in [0.2, 0.25) is 0 Å². The maximum atomic E-state index is 12.1. The number of aromatic nitrogens is 3. The average molecular weight is 336 g/mol. The van der Waals surface area contributed by atoms with Gasteiger partial charge in [0.25, 0.3) is 0 Å². The summed E-state index contributed by atoms with van der Waals surface area (Å²) in [6.45, 7) is 2.05. The molecule has 0 bridgehead atoms. The Bertz CT molecular complexity index is 856. The fourth-order valence-electron chi connectivity index (χ4n) is 2.44. The molecule has 6 nitrogen and oxygen atoms in total. The Kier molecular flexibility index (Phi) is 5.09. The number of aromatic amines is 1. The smallest absolute Gasteiger partial charge is 0.232 e. The number of rotatable bonds is 6. The molecule has 128 valence electrons. The summed E-state index contributed by atoms with van der Waals surface area (Å²) >= 11 is 0. The molecular formula is C19H20N4O2. The molecule has 6 heteroatoms. The summed E-state index contributed by atoms with van der Waals surface area (Å²) in [5.74, 6) is 1.74. The van der Waals surface area contributed by atoms with E-state index in [4.69, 9.17) is 4.74 Å². The molecule has 25 heavy (non-hydrogen) atoms. The van der Waals surface area contributed by atoms with Gasteiger partial charge in [-0.1, -0.05) is 35.9 Å². The van der Waals surface area contributed by atoms with Gasteiger partial charge in [0.15, 0.2) is 5.82 Å². The third-order valence-electron chi connectivity index (χ3n) is 3.74. The van der Waals surface area contributed by atoms with Crippen molar-refractivity contribution in [2.24, 2.45) is 0 Å². The highest BCUT2D eigenvalue weighted by atomic mass is 16.5. The van der Waals surface area contributed by atoms with Crippen molar-refractivity contribution >= 4 is 11.6 Å². The predicted octanol–water partition coefficient (Wildman–Crippen LogP) is 2.89. The molecule has 3 rings (SSSR count). The number of carbonyl (C=O) groups excluding carboxylic acids is 1. The maximum Gasteiger partial charge on any atom is 0.232 e. The van der Waals surface area contributed by atoms with E-state index in [0.717, 1.165) is 11.4 Å². The van der Waals surface area contributed by atoms with Crippen LogP contribution in [0.15, 0.2) is 48.5 Å². The van der Waals surface area contributed by atoms with E-state index in [0.29, 0.717) is 23.7 Å². The molecule has 0 aliphatic carbocycles. The standard InChI is InChI=1S/C19H20N4O2/c1-13-6-8-14(9-7-13)10-17-21-18(23-22-17)12-19(24)20-15-4-3-5-16(11-15)25-2/h3-9,11H,10,12H2,1-2H3,(H,20,24)(H,21,22,23). The number of hydrogen-bond acceptors (Lipinski definition) is 4. The second-order valence-corrected chi connectivity index (χ2v) is 5.82. The first-order chi connectivity index (χ1) is 12.1. The van der Waals surface area contributed by atoms with Crippen LogP contribution >= 0.6 is 0 Å². The number of nitrogens with one attached hydrogen (secondary N) is 2. The fourth-order valence-corrected chi connectivity index (χ4v) is 2.44. The molecule has 2 aromatic carbocycles. The summed E-state index contributed by atoms with van der Waals surface area (Å²) in [6.07, 6.45) is 0.770. The van der Waals surface area contributed by atoms with Gasteiger partial charge in [-0.05, 0) is 24.6 Å². The molecular weight excluding hydrogens is 316 g/mol. The van der Waals surface area contributed by atoms with Crippen LogP contribution in [0.1, 0.15) is 22.8 Å². The maximum absolute atomic E-state index is 12.1. The Balaban J connectivity index is 1.58. The van der Waals surface area contributed by atoms with Gasteiger partial charge < -0.3 is 10.1 Å². The molecule has 1 heterocycles.